The Kier molecular flexibility index (Phi) is 4.98. The van der Waals surface area contributed by atoms with Crippen LogP contribution < -0.4 is 4.74 Å². The van der Waals surface area contributed by atoms with Gasteiger partial charge in [0.2, 0.25) is 5.17 Å². The molecule has 0 aliphatic carbocycles. The Bertz CT molecular complexity index is 1030. The van der Waals surface area contributed by atoms with Crippen molar-refractivity contribution in [3.63, 3.8) is 0 Å². The van der Waals surface area contributed by atoms with Crippen molar-refractivity contribution >= 4 is 67.1 Å². The molecule has 1 N–H and O–H groups in total. The molecule has 0 unspecified atom stereocenters. The van der Waals surface area contributed by atoms with Crippen LogP contribution in [0.1, 0.15) is 10.4 Å². The Hall–Kier alpha value is -2.23. The molecule has 0 fully saturated rings. The number of benzene rings is 1. The van der Waals surface area contributed by atoms with E-state index in [4.69, 9.17) is 10.1 Å². The molecule has 6 nitrogen and oxygen atoms in total. The smallest absolute Gasteiger partial charge is 0.283 e. The highest BCUT2D eigenvalue weighted by atomic mass is 79.9. The molecule has 1 aromatic carbocycles. The maximum atomic E-state index is 12.5. The summed E-state index contributed by atoms with van der Waals surface area (Å²) in [4.78, 5) is 17.8. The van der Waals surface area contributed by atoms with E-state index < -0.39 is 5.91 Å². The zero-order chi connectivity index (χ0) is 19.0. The molecule has 1 amide bonds. The highest BCUT2D eigenvalue weighted by molar-refractivity contribution is 9.10. The van der Waals surface area contributed by atoms with Gasteiger partial charge < -0.3 is 4.74 Å². The average Bonchev–Trinajstić information content (AvgIpc) is 3.29. The maximum absolute atomic E-state index is 12.5. The van der Waals surface area contributed by atoms with Crippen LogP contribution in [0, 0.1) is 5.41 Å². The lowest BCUT2D eigenvalue weighted by Crippen LogP contribution is -2.35. The van der Waals surface area contributed by atoms with Crippen LogP contribution in [0.2, 0.25) is 0 Å². The van der Waals surface area contributed by atoms with E-state index in [0.29, 0.717) is 17.3 Å². The van der Waals surface area contributed by atoms with Gasteiger partial charge in [0, 0.05) is 11.3 Å². The number of methoxy groups -OCH3 is 1. The molecule has 27 heavy (non-hydrogen) atoms. The van der Waals surface area contributed by atoms with E-state index in [9.17, 15) is 4.79 Å². The summed E-state index contributed by atoms with van der Waals surface area (Å²) in [5.74, 6) is 0.296. The van der Waals surface area contributed by atoms with Crippen molar-refractivity contribution in [2.24, 2.45) is 10.1 Å². The van der Waals surface area contributed by atoms with Gasteiger partial charge in [0.05, 0.1) is 17.2 Å². The van der Waals surface area contributed by atoms with Crippen LogP contribution in [0.4, 0.5) is 0 Å². The quantitative estimate of drug-likeness (QED) is 0.686. The maximum Gasteiger partial charge on any atom is 0.283 e. The Labute approximate surface area is 172 Å². The van der Waals surface area contributed by atoms with Gasteiger partial charge in [-0.2, -0.15) is 15.1 Å². The van der Waals surface area contributed by atoms with E-state index in [0.717, 1.165) is 15.1 Å². The number of nitrogens with zero attached hydrogens (tertiary/aromatic N) is 3. The first-order valence-corrected chi connectivity index (χ1v) is 10.4. The molecule has 0 atom stereocenters. The average molecular weight is 461 g/mol. The van der Waals surface area contributed by atoms with Gasteiger partial charge in [0.25, 0.3) is 5.91 Å². The number of amidine groups is 2. The SMILES string of the molecule is COc1ccc(C=C2C(=N)N3N=C(Cc4cccs4)SC3=NC2=O)cc1Br. The van der Waals surface area contributed by atoms with Crippen LogP contribution in [-0.2, 0) is 11.2 Å². The van der Waals surface area contributed by atoms with Crippen molar-refractivity contribution in [3.05, 3.63) is 56.2 Å². The van der Waals surface area contributed by atoms with E-state index in [1.807, 2.05) is 29.6 Å². The number of carbonyl (C=O) groups is 1. The van der Waals surface area contributed by atoms with Crippen molar-refractivity contribution in [1.29, 1.82) is 5.41 Å². The number of fused-ring (bicyclic) bond motifs is 1. The predicted molar refractivity (Wildman–Crippen MR) is 114 cm³/mol. The molecule has 4 rings (SSSR count). The van der Waals surface area contributed by atoms with E-state index in [1.54, 1.807) is 30.6 Å². The topological polar surface area (TPSA) is 78.1 Å². The molecule has 2 aromatic rings. The van der Waals surface area contributed by atoms with Gasteiger partial charge in [-0.1, -0.05) is 12.1 Å². The van der Waals surface area contributed by atoms with Crippen LogP contribution in [-0.4, -0.2) is 34.1 Å². The van der Waals surface area contributed by atoms with Crippen LogP contribution >= 0.6 is 39.0 Å². The number of nitrogens with one attached hydrogen (secondary N) is 1. The molecular weight excluding hydrogens is 448 g/mol. The summed E-state index contributed by atoms with van der Waals surface area (Å²) < 4.78 is 5.99. The van der Waals surface area contributed by atoms with E-state index in [2.05, 4.69) is 26.0 Å². The zero-order valence-corrected chi connectivity index (χ0v) is 17.3. The molecule has 0 saturated carbocycles. The number of thioether (sulfide) groups is 1. The molecule has 0 radical (unpaired) electrons. The summed E-state index contributed by atoms with van der Waals surface area (Å²) in [7, 11) is 1.59. The first kappa shape index (κ1) is 18.1. The second-order valence-electron chi connectivity index (χ2n) is 5.66. The standard InChI is InChI=1S/C18H13BrN4O2S2/c1-25-14-5-4-10(8-13(14)19)7-12-16(20)23-18(21-17(12)24)27-15(22-23)9-11-3-2-6-26-11/h2-8,20H,9H2,1H3. The summed E-state index contributed by atoms with van der Waals surface area (Å²) >= 11 is 6.42. The normalized spacial score (nSPS) is 17.9. The number of thiophene rings is 1. The third kappa shape index (κ3) is 3.62. The van der Waals surface area contributed by atoms with Crippen LogP contribution in [0.25, 0.3) is 6.08 Å². The molecule has 136 valence electrons. The Balaban J connectivity index is 1.62. The molecule has 3 heterocycles. The number of carbonyl (C=O) groups excluding carboxylic acids is 1. The molecule has 0 saturated heterocycles. The number of hydrogen-bond donors (Lipinski definition) is 1. The van der Waals surface area contributed by atoms with Crippen molar-refractivity contribution in [3.8, 4) is 5.75 Å². The van der Waals surface area contributed by atoms with Crippen molar-refractivity contribution < 1.29 is 9.53 Å². The van der Waals surface area contributed by atoms with Crippen LogP contribution in [0.5, 0.6) is 5.75 Å². The van der Waals surface area contributed by atoms with E-state index in [-0.39, 0.29) is 11.4 Å². The number of hydrazone groups is 1. The summed E-state index contributed by atoms with van der Waals surface area (Å²) in [6.45, 7) is 0. The van der Waals surface area contributed by atoms with Gasteiger partial charge in [-0.15, -0.1) is 11.3 Å². The van der Waals surface area contributed by atoms with Gasteiger partial charge in [-0.3, -0.25) is 10.2 Å². The van der Waals surface area contributed by atoms with Crippen molar-refractivity contribution in [2.75, 3.05) is 7.11 Å². The predicted octanol–water partition coefficient (Wildman–Crippen LogP) is 4.38. The fourth-order valence-corrected chi connectivity index (χ4v) is 4.87. The minimum Gasteiger partial charge on any atom is -0.496 e. The second-order valence-corrected chi connectivity index (χ2v) is 8.59. The highest BCUT2D eigenvalue weighted by Gasteiger charge is 2.35. The monoisotopic (exact) mass is 460 g/mol. The van der Waals surface area contributed by atoms with Gasteiger partial charge in [-0.25, -0.2) is 0 Å². The van der Waals surface area contributed by atoms with Crippen molar-refractivity contribution in [2.45, 2.75) is 6.42 Å². The van der Waals surface area contributed by atoms with E-state index >= 15 is 0 Å². The van der Waals surface area contributed by atoms with E-state index in [1.165, 1.54) is 21.6 Å². The molecule has 2 aliphatic heterocycles. The highest BCUT2D eigenvalue weighted by Crippen LogP contribution is 2.31. The fraction of sp³-hybridized carbons (Fsp3) is 0.111. The minimum absolute atomic E-state index is 0.0330. The van der Waals surface area contributed by atoms with Crippen LogP contribution in [0.3, 0.4) is 0 Å². The molecule has 1 aromatic heterocycles. The van der Waals surface area contributed by atoms with Gasteiger partial charge in [-0.05, 0) is 62.9 Å². The molecule has 0 bridgehead atoms. The number of halogens is 1. The third-order valence-electron chi connectivity index (χ3n) is 3.89. The molecule has 9 heteroatoms. The fourth-order valence-electron chi connectivity index (χ4n) is 2.60. The number of aliphatic imine (C=N–C) groups is 1. The third-order valence-corrected chi connectivity index (χ3v) is 6.29. The molecular formula is C18H13BrN4O2S2. The Morgan fingerprint density at radius 1 is 1.37 bits per heavy atom. The summed E-state index contributed by atoms with van der Waals surface area (Å²) in [6.07, 6.45) is 2.32. The van der Waals surface area contributed by atoms with Gasteiger partial charge in [0.1, 0.15) is 10.8 Å². The van der Waals surface area contributed by atoms with Gasteiger partial charge in [0.15, 0.2) is 5.84 Å². The summed E-state index contributed by atoms with van der Waals surface area (Å²) in [5, 5.41) is 17.6. The second kappa shape index (κ2) is 7.41. The number of hydrogen-bond acceptors (Lipinski definition) is 6. The first-order chi connectivity index (χ1) is 13.0. The lowest BCUT2D eigenvalue weighted by Gasteiger charge is -2.20. The zero-order valence-electron chi connectivity index (χ0n) is 14.1. The summed E-state index contributed by atoms with van der Waals surface area (Å²) in [5.41, 5.74) is 0.974. The first-order valence-electron chi connectivity index (χ1n) is 7.90. The largest absolute Gasteiger partial charge is 0.496 e. The molecule has 2 aliphatic rings. The van der Waals surface area contributed by atoms with Crippen molar-refractivity contribution in [1.82, 2.24) is 5.01 Å². The minimum atomic E-state index is -0.432. The number of ether oxygens (including phenoxy) is 1. The lowest BCUT2D eigenvalue weighted by atomic mass is 10.1. The number of rotatable bonds is 4. The Morgan fingerprint density at radius 2 is 2.22 bits per heavy atom. The molecule has 0 spiro atoms. The number of amides is 1. The van der Waals surface area contributed by atoms with Gasteiger partial charge >= 0.3 is 0 Å². The van der Waals surface area contributed by atoms with Crippen LogP contribution in [0.15, 0.2) is 55.9 Å². The lowest BCUT2D eigenvalue weighted by molar-refractivity contribution is -0.114. The summed E-state index contributed by atoms with van der Waals surface area (Å²) in [6, 6.07) is 9.47. The Morgan fingerprint density at radius 3 is 2.93 bits per heavy atom.